The highest BCUT2D eigenvalue weighted by Gasteiger charge is 2.23. The third kappa shape index (κ3) is 5.07. The third-order valence-corrected chi connectivity index (χ3v) is 4.63. The lowest BCUT2D eigenvalue weighted by molar-refractivity contribution is -0.907. The van der Waals surface area contributed by atoms with Crippen molar-refractivity contribution in [2.45, 2.75) is 39.3 Å². The molecule has 0 fully saturated rings. The van der Waals surface area contributed by atoms with E-state index in [1.807, 2.05) is 38.2 Å². The Morgan fingerprint density at radius 3 is 2.32 bits per heavy atom. The third-order valence-electron chi connectivity index (χ3n) is 4.63. The number of rotatable bonds is 7. The fourth-order valence-corrected chi connectivity index (χ4v) is 2.71. The van der Waals surface area contributed by atoms with Crippen molar-refractivity contribution < 1.29 is 14.4 Å². The van der Waals surface area contributed by atoms with E-state index in [4.69, 9.17) is 4.74 Å². The number of carbonyl (C=O) groups is 1. The molecule has 0 saturated heterocycles. The molecule has 0 spiro atoms. The molecule has 2 aromatic rings. The van der Waals surface area contributed by atoms with Gasteiger partial charge < -0.3 is 15.0 Å². The maximum Gasteiger partial charge on any atom is 0.282 e. The van der Waals surface area contributed by atoms with Crippen molar-refractivity contribution in [2.75, 3.05) is 19.5 Å². The summed E-state index contributed by atoms with van der Waals surface area (Å²) in [7, 11) is 3.65. The SMILES string of the molecule is COc1ccccc1NC(=O)[C@H](C)[NH+](C)Cc1ccc(C(C)C)cc1. The maximum atomic E-state index is 12.6. The summed E-state index contributed by atoms with van der Waals surface area (Å²) in [6.07, 6.45) is 0. The van der Waals surface area contributed by atoms with E-state index in [1.54, 1.807) is 7.11 Å². The quantitative estimate of drug-likeness (QED) is 0.813. The summed E-state index contributed by atoms with van der Waals surface area (Å²) >= 11 is 0. The molecule has 2 rings (SSSR count). The van der Waals surface area contributed by atoms with Crippen LogP contribution in [0, 0.1) is 0 Å². The first-order chi connectivity index (χ1) is 11.9. The zero-order valence-electron chi connectivity index (χ0n) is 15.8. The van der Waals surface area contributed by atoms with Crippen LogP contribution in [-0.2, 0) is 11.3 Å². The van der Waals surface area contributed by atoms with Crippen molar-refractivity contribution in [3.05, 3.63) is 59.7 Å². The van der Waals surface area contributed by atoms with Gasteiger partial charge in [-0.3, -0.25) is 4.79 Å². The number of methoxy groups -OCH3 is 1. The molecule has 1 amide bonds. The second-order valence-corrected chi connectivity index (χ2v) is 6.83. The molecule has 0 aliphatic carbocycles. The summed E-state index contributed by atoms with van der Waals surface area (Å²) in [5, 5.41) is 2.97. The van der Waals surface area contributed by atoms with Crippen LogP contribution < -0.4 is 15.0 Å². The Labute approximate surface area is 150 Å². The van der Waals surface area contributed by atoms with Gasteiger partial charge in [-0.2, -0.15) is 0 Å². The Balaban J connectivity index is 1.98. The summed E-state index contributed by atoms with van der Waals surface area (Å²) in [5.74, 6) is 1.19. The molecule has 0 aliphatic rings. The van der Waals surface area contributed by atoms with Crippen LogP contribution in [0.3, 0.4) is 0 Å². The van der Waals surface area contributed by atoms with Crippen LogP contribution in [0.15, 0.2) is 48.5 Å². The largest absolute Gasteiger partial charge is 0.495 e. The fourth-order valence-electron chi connectivity index (χ4n) is 2.71. The second-order valence-electron chi connectivity index (χ2n) is 6.83. The number of quaternary nitrogens is 1. The molecule has 4 heteroatoms. The van der Waals surface area contributed by atoms with Gasteiger partial charge in [0.2, 0.25) is 0 Å². The van der Waals surface area contributed by atoms with Crippen molar-refractivity contribution in [1.82, 2.24) is 0 Å². The minimum atomic E-state index is -0.172. The molecule has 0 heterocycles. The number of benzene rings is 2. The molecular weight excluding hydrogens is 312 g/mol. The van der Waals surface area contributed by atoms with Gasteiger partial charge >= 0.3 is 0 Å². The molecule has 0 aliphatic heterocycles. The van der Waals surface area contributed by atoms with Crippen LogP contribution in [0.5, 0.6) is 5.75 Å². The zero-order chi connectivity index (χ0) is 18.4. The molecule has 2 atom stereocenters. The van der Waals surface area contributed by atoms with Crippen LogP contribution in [0.25, 0.3) is 0 Å². The summed E-state index contributed by atoms with van der Waals surface area (Å²) in [5.41, 5.74) is 3.28. The van der Waals surface area contributed by atoms with E-state index in [0.29, 0.717) is 17.4 Å². The van der Waals surface area contributed by atoms with Crippen molar-refractivity contribution >= 4 is 11.6 Å². The zero-order valence-corrected chi connectivity index (χ0v) is 15.8. The van der Waals surface area contributed by atoms with Crippen molar-refractivity contribution in [1.29, 1.82) is 0 Å². The molecule has 25 heavy (non-hydrogen) atoms. The molecular formula is C21H29N2O2+. The number of likely N-dealkylation sites (N-methyl/N-ethyl adjacent to an activating group) is 1. The number of amides is 1. The highest BCUT2D eigenvalue weighted by Crippen LogP contribution is 2.22. The molecule has 0 bridgehead atoms. The number of hydrogen-bond acceptors (Lipinski definition) is 2. The van der Waals surface area contributed by atoms with Crippen molar-refractivity contribution in [3.63, 3.8) is 0 Å². The average molecular weight is 341 g/mol. The Morgan fingerprint density at radius 1 is 1.08 bits per heavy atom. The van der Waals surface area contributed by atoms with Crippen LogP contribution in [0.1, 0.15) is 37.8 Å². The van der Waals surface area contributed by atoms with Gasteiger partial charge in [-0.25, -0.2) is 0 Å². The van der Waals surface area contributed by atoms with Gasteiger partial charge in [0, 0.05) is 5.56 Å². The highest BCUT2D eigenvalue weighted by molar-refractivity contribution is 5.94. The monoisotopic (exact) mass is 341 g/mol. The Kier molecular flexibility index (Phi) is 6.59. The van der Waals surface area contributed by atoms with Gasteiger partial charge in [0.1, 0.15) is 12.3 Å². The summed E-state index contributed by atoms with van der Waals surface area (Å²) in [6.45, 7) is 7.13. The van der Waals surface area contributed by atoms with Gasteiger partial charge in [-0.15, -0.1) is 0 Å². The lowest BCUT2D eigenvalue weighted by Crippen LogP contribution is -3.12. The van der Waals surface area contributed by atoms with E-state index in [9.17, 15) is 4.79 Å². The minimum absolute atomic E-state index is 0.0131. The summed E-state index contributed by atoms with van der Waals surface area (Å²) in [6, 6.07) is 15.9. The number of para-hydroxylation sites is 2. The molecule has 0 saturated carbocycles. The Hall–Kier alpha value is -2.33. The Morgan fingerprint density at radius 2 is 1.72 bits per heavy atom. The standard InChI is InChI=1S/C21H28N2O2/c1-15(2)18-12-10-17(11-13-18)14-23(4)16(3)21(24)22-19-8-6-7-9-20(19)25-5/h6-13,15-16H,14H2,1-5H3,(H,22,24)/p+1/t16-/m0/s1. The number of anilines is 1. The van der Waals surface area contributed by atoms with Gasteiger partial charge in [0.25, 0.3) is 5.91 Å². The van der Waals surface area contributed by atoms with E-state index in [2.05, 4.69) is 43.4 Å². The first-order valence-electron chi connectivity index (χ1n) is 8.77. The lowest BCUT2D eigenvalue weighted by atomic mass is 10.0. The minimum Gasteiger partial charge on any atom is -0.495 e. The van der Waals surface area contributed by atoms with Crippen molar-refractivity contribution in [2.24, 2.45) is 0 Å². The van der Waals surface area contributed by atoms with Crippen LogP contribution >= 0.6 is 0 Å². The smallest absolute Gasteiger partial charge is 0.282 e. The molecule has 4 nitrogen and oxygen atoms in total. The molecule has 0 radical (unpaired) electrons. The van der Waals surface area contributed by atoms with E-state index in [-0.39, 0.29) is 11.9 Å². The Bertz CT molecular complexity index is 695. The number of carbonyl (C=O) groups excluding carboxylic acids is 1. The summed E-state index contributed by atoms with van der Waals surface area (Å²) < 4.78 is 5.29. The summed E-state index contributed by atoms with van der Waals surface area (Å²) in [4.78, 5) is 13.7. The van der Waals surface area contributed by atoms with Crippen LogP contribution in [0.4, 0.5) is 5.69 Å². The first kappa shape index (κ1) is 19.0. The predicted molar refractivity (Wildman–Crippen MR) is 102 cm³/mol. The van der Waals surface area contributed by atoms with Gasteiger partial charge in [-0.05, 0) is 30.5 Å². The van der Waals surface area contributed by atoms with Gasteiger partial charge in [-0.1, -0.05) is 50.2 Å². The van der Waals surface area contributed by atoms with E-state index in [1.165, 1.54) is 11.1 Å². The number of hydrogen-bond donors (Lipinski definition) is 2. The van der Waals surface area contributed by atoms with E-state index >= 15 is 0 Å². The topological polar surface area (TPSA) is 42.8 Å². The number of ether oxygens (including phenoxy) is 1. The fraction of sp³-hybridized carbons (Fsp3) is 0.381. The van der Waals surface area contributed by atoms with Gasteiger partial charge in [0.05, 0.1) is 19.8 Å². The normalized spacial score (nSPS) is 13.4. The molecule has 1 unspecified atom stereocenters. The maximum absolute atomic E-state index is 12.6. The lowest BCUT2D eigenvalue weighted by Gasteiger charge is -2.22. The van der Waals surface area contributed by atoms with E-state index < -0.39 is 0 Å². The molecule has 134 valence electrons. The van der Waals surface area contributed by atoms with Crippen molar-refractivity contribution in [3.8, 4) is 5.75 Å². The van der Waals surface area contributed by atoms with Crippen LogP contribution in [0.2, 0.25) is 0 Å². The number of nitrogens with one attached hydrogen (secondary N) is 2. The molecule has 2 aromatic carbocycles. The van der Waals surface area contributed by atoms with E-state index in [0.717, 1.165) is 11.4 Å². The molecule has 0 aromatic heterocycles. The molecule has 2 N–H and O–H groups in total. The van der Waals surface area contributed by atoms with Crippen LogP contribution in [-0.4, -0.2) is 26.1 Å². The second kappa shape index (κ2) is 8.67. The average Bonchev–Trinajstić information content (AvgIpc) is 2.61. The first-order valence-corrected chi connectivity index (χ1v) is 8.77. The van der Waals surface area contributed by atoms with Gasteiger partial charge in [0.15, 0.2) is 6.04 Å². The highest BCUT2D eigenvalue weighted by atomic mass is 16.5. The predicted octanol–water partition coefficient (Wildman–Crippen LogP) is 2.86.